The second kappa shape index (κ2) is 4.90. The smallest absolute Gasteiger partial charge is 0.275 e. The summed E-state index contributed by atoms with van der Waals surface area (Å²) in [5.41, 5.74) is 0.393. The topological polar surface area (TPSA) is 54.4 Å². The Morgan fingerprint density at radius 1 is 1.60 bits per heavy atom. The monoisotopic (exact) mass is 213 g/mol. The van der Waals surface area contributed by atoms with Gasteiger partial charge in [0.15, 0.2) is 0 Å². The number of amides is 1. The minimum atomic E-state index is -0.280. The first-order valence-corrected chi connectivity index (χ1v) is 4.50. The van der Waals surface area contributed by atoms with E-state index in [1.54, 1.807) is 12.3 Å². The number of carbonyl (C=O) groups is 1. The minimum absolute atomic E-state index is 0.218. The highest BCUT2D eigenvalue weighted by Gasteiger charge is 2.26. The lowest BCUT2D eigenvalue weighted by atomic mass is 10.3. The largest absolute Gasteiger partial charge is 0.295 e. The minimum Gasteiger partial charge on any atom is -0.275 e. The van der Waals surface area contributed by atoms with Crippen molar-refractivity contribution >= 4 is 12.1 Å². The first kappa shape index (κ1) is 11.7. The Balaban J connectivity index is 2.87. The van der Waals surface area contributed by atoms with Crippen LogP contribution in [0.5, 0.6) is 0 Å². The van der Waals surface area contributed by atoms with Crippen LogP contribution >= 0.6 is 0 Å². The number of hydrogen-bond acceptors (Lipinski definition) is 5. The van der Waals surface area contributed by atoms with Gasteiger partial charge in [0, 0.05) is 13.3 Å². The number of likely N-dealkylation sites (N-methyl/N-ethyl adjacent to an activating group) is 1. The van der Waals surface area contributed by atoms with E-state index in [0.29, 0.717) is 5.70 Å². The number of nitrogens with zero attached hydrogens (tertiary/aromatic N) is 3. The predicted octanol–water partition coefficient (Wildman–Crippen LogP) is 0.184. The second-order valence-electron chi connectivity index (χ2n) is 2.98. The van der Waals surface area contributed by atoms with Crippen LogP contribution < -0.4 is 0 Å². The van der Waals surface area contributed by atoms with Crippen molar-refractivity contribution < 1.29 is 14.5 Å². The van der Waals surface area contributed by atoms with Crippen molar-refractivity contribution in [1.82, 2.24) is 10.1 Å². The highest BCUT2D eigenvalue weighted by Crippen LogP contribution is 2.15. The number of allylic oxidation sites excluding steroid dienone is 1. The normalized spacial score (nSPS) is 20.1. The van der Waals surface area contributed by atoms with Gasteiger partial charge in [-0.1, -0.05) is 0 Å². The van der Waals surface area contributed by atoms with Crippen LogP contribution in [0.1, 0.15) is 6.92 Å². The third kappa shape index (κ3) is 2.34. The van der Waals surface area contributed by atoms with Gasteiger partial charge < -0.3 is 0 Å². The van der Waals surface area contributed by atoms with E-state index in [9.17, 15) is 4.79 Å². The Bertz CT molecular complexity index is 301. The molecule has 15 heavy (non-hydrogen) atoms. The van der Waals surface area contributed by atoms with Crippen molar-refractivity contribution in [2.24, 2.45) is 4.99 Å². The van der Waals surface area contributed by atoms with Crippen LogP contribution in [0.25, 0.3) is 0 Å². The van der Waals surface area contributed by atoms with Crippen LogP contribution in [0.2, 0.25) is 0 Å². The third-order valence-corrected chi connectivity index (χ3v) is 2.09. The fourth-order valence-electron chi connectivity index (χ4n) is 1.23. The Kier molecular flexibility index (Phi) is 3.81. The lowest BCUT2D eigenvalue weighted by Gasteiger charge is -2.30. The molecule has 6 nitrogen and oxygen atoms in total. The van der Waals surface area contributed by atoms with E-state index in [2.05, 4.69) is 4.99 Å². The molecule has 0 aliphatic carbocycles. The summed E-state index contributed by atoms with van der Waals surface area (Å²) >= 11 is 0. The van der Waals surface area contributed by atoms with Gasteiger partial charge in [0.2, 0.25) is 0 Å². The fraction of sp³-hybridized carbons (Fsp3) is 0.556. The van der Waals surface area contributed by atoms with Crippen LogP contribution in [0.3, 0.4) is 0 Å². The molecule has 0 saturated heterocycles. The van der Waals surface area contributed by atoms with Crippen molar-refractivity contribution in [3.8, 4) is 0 Å². The molecule has 1 rings (SSSR count). The molecule has 6 heteroatoms. The zero-order chi connectivity index (χ0) is 11.4. The summed E-state index contributed by atoms with van der Waals surface area (Å²) in [6, 6.07) is 0. The molecule has 0 fully saturated rings. The average molecular weight is 213 g/mol. The molecule has 0 N–H and O–H groups in total. The van der Waals surface area contributed by atoms with E-state index in [4.69, 9.17) is 9.68 Å². The van der Waals surface area contributed by atoms with E-state index in [1.807, 2.05) is 6.92 Å². The Hall–Kier alpha value is -1.40. The van der Waals surface area contributed by atoms with Crippen LogP contribution in [0.4, 0.5) is 0 Å². The van der Waals surface area contributed by atoms with Gasteiger partial charge >= 0.3 is 0 Å². The van der Waals surface area contributed by atoms with Crippen LogP contribution in [-0.2, 0) is 14.5 Å². The zero-order valence-corrected chi connectivity index (χ0v) is 9.30. The van der Waals surface area contributed by atoms with Gasteiger partial charge in [-0.25, -0.2) is 10.1 Å². The number of carbonyl (C=O) groups excluding carboxylic acids is 1. The predicted molar refractivity (Wildman–Crippen MR) is 54.7 cm³/mol. The van der Waals surface area contributed by atoms with E-state index in [-0.39, 0.29) is 12.1 Å². The lowest BCUT2D eigenvalue weighted by molar-refractivity contribution is -0.179. The molecule has 1 aliphatic rings. The maximum absolute atomic E-state index is 11.8. The maximum Gasteiger partial charge on any atom is 0.295 e. The molecule has 1 amide bonds. The molecule has 0 bridgehead atoms. The molecule has 0 spiro atoms. The second-order valence-corrected chi connectivity index (χ2v) is 2.98. The van der Waals surface area contributed by atoms with Crippen molar-refractivity contribution in [3.05, 3.63) is 11.8 Å². The number of hydroxylamine groups is 4. The van der Waals surface area contributed by atoms with Crippen LogP contribution in [0.15, 0.2) is 16.8 Å². The Morgan fingerprint density at radius 2 is 2.27 bits per heavy atom. The highest BCUT2D eigenvalue weighted by atomic mass is 16.7. The summed E-state index contributed by atoms with van der Waals surface area (Å²) in [6.07, 6.45) is 2.95. The molecular weight excluding hydrogens is 198 g/mol. The van der Waals surface area contributed by atoms with Crippen molar-refractivity contribution in [2.45, 2.75) is 13.1 Å². The van der Waals surface area contributed by atoms with Crippen molar-refractivity contribution in [3.63, 3.8) is 0 Å². The molecular formula is C9H15N3O3. The van der Waals surface area contributed by atoms with E-state index in [0.717, 1.165) is 5.06 Å². The molecule has 1 unspecified atom stereocenters. The maximum atomic E-state index is 11.8. The SMILES string of the molecule is CON(C)C(=O)C1=CC=NC(C)N1OC. The first-order chi connectivity index (χ1) is 7.11. The lowest BCUT2D eigenvalue weighted by Crippen LogP contribution is -2.40. The van der Waals surface area contributed by atoms with Gasteiger partial charge in [-0.05, 0) is 13.0 Å². The molecule has 1 aliphatic heterocycles. The summed E-state index contributed by atoms with van der Waals surface area (Å²) in [6.45, 7) is 1.83. The molecule has 0 aromatic rings. The summed E-state index contributed by atoms with van der Waals surface area (Å²) in [4.78, 5) is 25.8. The molecule has 0 aromatic carbocycles. The molecule has 1 heterocycles. The number of aliphatic imine (C=N–C) groups is 1. The average Bonchev–Trinajstić information content (AvgIpc) is 2.26. The number of rotatable bonds is 3. The summed E-state index contributed by atoms with van der Waals surface area (Å²) < 4.78 is 0. The van der Waals surface area contributed by atoms with Gasteiger partial charge in [-0.2, -0.15) is 0 Å². The Labute approximate surface area is 88.7 Å². The van der Waals surface area contributed by atoms with Gasteiger partial charge in [0.25, 0.3) is 5.91 Å². The third-order valence-electron chi connectivity index (χ3n) is 2.09. The molecule has 0 aromatic heterocycles. The van der Waals surface area contributed by atoms with E-state index < -0.39 is 0 Å². The van der Waals surface area contributed by atoms with Gasteiger partial charge in [-0.15, -0.1) is 0 Å². The molecule has 0 saturated carbocycles. The van der Waals surface area contributed by atoms with Gasteiger partial charge in [-0.3, -0.25) is 19.5 Å². The standard InChI is InChI=1S/C9H15N3O3/c1-7-10-6-5-8(12(7)15-4)9(13)11(2)14-3/h5-7H,1-4H3. The summed E-state index contributed by atoms with van der Waals surface area (Å²) in [5, 5.41) is 2.56. The highest BCUT2D eigenvalue weighted by molar-refractivity contribution is 5.96. The fourth-order valence-corrected chi connectivity index (χ4v) is 1.23. The van der Waals surface area contributed by atoms with Crippen molar-refractivity contribution in [2.75, 3.05) is 21.3 Å². The first-order valence-electron chi connectivity index (χ1n) is 4.50. The quantitative estimate of drug-likeness (QED) is 0.628. The van der Waals surface area contributed by atoms with E-state index >= 15 is 0 Å². The molecule has 1 atom stereocenters. The van der Waals surface area contributed by atoms with Gasteiger partial charge in [0.05, 0.1) is 14.2 Å². The summed E-state index contributed by atoms with van der Waals surface area (Å²) in [5.74, 6) is -0.280. The van der Waals surface area contributed by atoms with Crippen molar-refractivity contribution in [1.29, 1.82) is 0 Å². The number of hydrogen-bond donors (Lipinski definition) is 0. The summed E-state index contributed by atoms with van der Waals surface area (Å²) in [7, 11) is 4.45. The molecule has 84 valence electrons. The molecule has 0 radical (unpaired) electrons. The van der Waals surface area contributed by atoms with Crippen LogP contribution in [-0.4, -0.2) is 49.7 Å². The van der Waals surface area contributed by atoms with E-state index in [1.165, 1.54) is 26.3 Å². The van der Waals surface area contributed by atoms with Gasteiger partial charge in [0.1, 0.15) is 11.9 Å². The zero-order valence-electron chi connectivity index (χ0n) is 9.30. The Morgan fingerprint density at radius 3 is 2.80 bits per heavy atom. The van der Waals surface area contributed by atoms with Crippen LogP contribution in [0, 0.1) is 0 Å².